The molecule has 0 spiro atoms. The number of halogens is 4. The van der Waals surface area contributed by atoms with Crippen molar-refractivity contribution in [2.75, 3.05) is 11.9 Å². The fraction of sp³-hybridized carbons (Fsp3) is 0.235. The van der Waals surface area contributed by atoms with E-state index in [1.54, 1.807) is 12.1 Å². The highest BCUT2D eigenvalue weighted by Gasteiger charge is 2.23. The Kier molecular flexibility index (Phi) is 7.33. The SMILES string of the molecule is Cc1cc(I)ccc1Nc1c(C(=O)NOC(C)CO)cc(Br)c(F)c1F. The third-order valence-corrected chi connectivity index (χ3v) is 4.71. The largest absolute Gasteiger partial charge is 0.394 e. The van der Waals surface area contributed by atoms with E-state index < -0.39 is 23.6 Å². The van der Waals surface area contributed by atoms with E-state index in [1.165, 1.54) is 6.92 Å². The van der Waals surface area contributed by atoms with E-state index in [0.717, 1.165) is 15.2 Å². The van der Waals surface area contributed by atoms with Gasteiger partial charge in [0.25, 0.3) is 5.91 Å². The van der Waals surface area contributed by atoms with Gasteiger partial charge in [0.1, 0.15) is 6.10 Å². The lowest BCUT2D eigenvalue weighted by Crippen LogP contribution is -2.30. The molecule has 2 rings (SSSR count). The summed E-state index contributed by atoms with van der Waals surface area (Å²) >= 11 is 5.04. The van der Waals surface area contributed by atoms with Crippen LogP contribution in [-0.4, -0.2) is 23.7 Å². The minimum atomic E-state index is -1.20. The van der Waals surface area contributed by atoms with Gasteiger partial charge in [0.2, 0.25) is 0 Å². The number of hydrogen-bond donors (Lipinski definition) is 3. The fourth-order valence-corrected chi connectivity index (χ4v) is 3.09. The van der Waals surface area contributed by atoms with Crippen molar-refractivity contribution >= 4 is 55.8 Å². The first-order valence-electron chi connectivity index (χ1n) is 7.52. The zero-order chi connectivity index (χ0) is 19.4. The molecule has 0 fully saturated rings. The number of anilines is 2. The molecule has 1 amide bonds. The van der Waals surface area contributed by atoms with Crippen LogP contribution in [0.15, 0.2) is 28.7 Å². The average molecular weight is 541 g/mol. The molecule has 2 aromatic carbocycles. The first-order valence-corrected chi connectivity index (χ1v) is 9.39. The second kappa shape index (κ2) is 9.07. The molecule has 0 radical (unpaired) electrons. The molecule has 0 aromatic heterocycles. The Morgan fingerprint density at radius 2 is 2.04 bits per heavy atom. The lowest BCUT2D eigenvalue weighted by Gasteiger charge is -2.17. The Balaban J connectivity index is 2.43. The highest BCUT2D eigenvalue weighted by Crippen LogP contribution is 2.32. The monoisotopic (exact) mass is 540 g/mol. The normalized spacial score (nSPS) is 12.0. The van der Waals surface area contributed by atoms with Crippen LogP contribution in [0.25, 0.3) is 0 Å². The van der Waals surface area contributed by atoms with Crippen molar-refractivity contribution in [2.45, 2.75) is 20.0 Å². The molecule has 0 aliphatic carbocycles. The molecule has 1 atom stereocenters. The second-order valence-corrected chi connectivity index (χ2v) is 7.64. The lowest BCUT2D eigenvalue weighted by molar-refractivity contribution is -0.0304. The first kappa shape index (κ1) is 21.0. The van der Waals surface area contributed by atoms with E-state index in [2.05, 4.69) is 49.3 Å². The summed E-state index contributed by atoms with van der Waals surface area (Å²) in [5.74, 6) is -3.09. The number of hydroxylamine groups is 1. The number of hydrogen-bond acceptors (Lipinski definition) is 4. The summed E-state index contributed by atoms with van der Waals surface area (Å²) in [6.45, 7) is 3.04. The van der Waals surface area contributed by atoms with E-state index in [9.17, 15) is 13.6 Å². The van der Waals surface area contributed by atoms with E-state index in [-0.39, 0.29) is 22.3 Å². The number of aliphatic hydroxyl groups is 1. The van der Waals surface area contributed by atoms with E-state index in [4.69, 9.17) is 9.94 Å². The van der Waals surface area contributed by atoms with Gasteiger partial charge in [-0.05, 0) is 82.2 Å². The van der Waals surface area contributed by atoms with E-state index in [1.807, 2.05) is 13.0 Å². The minimum Gasteiger partial charge on any atom is -0.394 e. The van der Waals surface area contributed by atoms with Gasteiger partial charge < -0.3 is 10.4 Å². The quantitative estimate of drug-likeness (QED) is 0.288. The first-order chi connectivity index (χ1) is 12.2. The number of nitrogens with one attached hydrogen (secondary N) is 2. The zero-order valence-electron chi connectivity index (χ0n) is 13.9. The molecule has 0 aliphatic rings. The summed E-state index contributed by atoms with van der Waals surface area (Å²) in [4.78, 5) is 17.3. The summed E-state index contributed by atoms with van der Waals surface area (Å²) < 4.78 is 29.3. The van der Waals surface area contributed by atoms with Crippen molar-refractivity contribution in [3.63, 3.8) is 0 Å². The molecule has 9 heteroatoms. The van der Waals surface area contributed by atoms with Crippen LogP contribution in [-0.2, 0) is 4.84 Å². The van der Waals surface area contributed by atoms with Crippen LogP contribution in [0.4, 0.5) is 20.2 Å². The van der Waals surface area contributed by atoms with Gasteiger partial charge in [0.05, 0.1) is 22.3 Å². The smallest absolute Gasteiger partial charge is 0.277 e. The molecule has 1 unspecified atom stereocenters. The lowest BCUT2D eigenvalue weighted by atomic mass is 10.1. The molecular formula is C17H16BrF2IN2O3. The number of aryl methyl sites for hydroxylation is 1. The highest BCUT2D eigenvalue weighted by molar-refractivity contribution is 14.1. The topological polar surface area (TPSA) is 70.6 Å². The number of carbonyl (C=O) groups excluding carboxylic acids is 1. The minimum absolute atomic E-state index is 0.154. The molecule has 5 nitrogen and oxygen atoms in total. The number of carbonyl (C=O) groups is 1. The van der Waals surface area contributed by atoms with Crippen molar-refractivity contribution in [1.29, 1.82) is 0 Å². The number of rotatable bonds is 6. The standard InChI is InChI=1S/C17H16BrF2IN2O3/c1-8-5-10(21)3-4-13(8)22-16-11(6-12(18)14(19)15(16)20)17(25)23-26-9(2)7-24/h3-6,9,22,24H,7H2,1-2H3,(H,23,25). The molecule has 0 aliphatic heterocycles. The van der Waals surface area contributed by atoms with Crippen molar-refractivity contribution in [3.8, 4) is 0 Å². The molecule has 0 saturated carbocycles. The molecule has 140 valence electrons. The van der Waals surface area contributed by atoms with Gasteiger partial charge in [-0.3, -0.25) is 9.63 Å². The molecular weight excluding hydrogens is 525 g/mol. The third kappa shape index (κ3) is 4.90. The summed E-state index contributed by atoms with van der Waals surface area (Å²) in [6, 6.07) is 6.53. The van der Waals surface area contributed by atoms with Gasteiger partial charge in [0.15, 0.2) is 11.6 Å². The van der Waals surface area contributed by atoms with Gasteiger partial charge in [0, 0.05) is 9.26 Å². The predicted octanol–water partition coefficient (Wildman–Crippen LogP) is 4.43. The van der Waals surface area contributed by atoms with Crippen molar-refractivity contribution < 1.29 is 23.5 Å². The van der Waals surface area contributed by atoms with Gasteiger partial charge in [-0.2, -0.15) is 0 Å². The number of benzene rings is 2. The predicted molar refractivity (Wildman–Crippen MR) is 106 cm³/mol. The van der Waals surface area contributed by atoms with Crippen molar-refractivity contribution in [1.82, 2.24) is 5.48 Å². The van der Waals surface area contributed by atoms with Gasteiger partial charge in [-0.25, -0.2) is 14.3 Å². The van der Waals surface area contributed by atoms with Crippen molar-refractivity contribution in [3.05, 3.63) is 55.1 Å². The van der Waals surface area contributed by atoms with Crippen LogP contribution >= 0.6 is 38.5 Å². The van der Waals surface area contributed by atoms with Gasteiger partial charge >= 0.3 is 0 Å². The highest BCUT2D eigenvalue weighted by atomic mass is 127. The van der Waals surface area contributed by atoms with E-state index >= 15 is 0 Å². The van der Waals surface area contributed by atoms with Crippen LogP contribution in [0.3, 0.4) is 0 Å². The molecule has 3 N–H and O–H groups in total. The summed E-state index contributed by atoms with van der Waals surface area (Å²) in [7, 11) is 0. The van der Waals surface area contributed by atoms with Crippen LogP contribution in [0.1, 0.15) is 22.8 Å². The maximum absolute atomic E-state index is 14.5. The summed E-state index contributed by atoms with van der Waals surface area (Å²) in [6.07, 6.45) is -0.650. The number of aliphatic hydroxyl groups excluding tert-OH is 1. The summed E-state index contributed by atoms with van der Waals surface area (Å²) in [5.41, 5.74) is 2.99. The maximum Gasteiger partial charge on any atom is 0.277 e. The Bertz CT molecular complexity index is 836. The van der Waals surface area contributed by atoms with E-state index in [0.29, 0.717) is 5.69 Å². The maximum atomic E-state index is 14.5. The third-order valence-electron chi connectivity index (χ3n) is 3.46. The van der Waals surface area contributed by atoms with Gasteiger partial charge in [-0.1, -0.05) is 0 Å². The van der Waals surface area contributed by atoms with Crippen LogP contribution < -0.4 is 10.8 Å². The Morgan fingerprint density at radius 1 is 1.35 bits per heavy atom. The van der Waals surface area contributed by atoms with Gasteiger partial charge in [-0.15, -0.1) is 0 Å². The van der Waals surface area contributed by atoms with Crippen LogP contribution in [0.5, 0.6) is 0 Å². The van der Waals surface area contributed by atoms with Crippen LogP contribution in [0, 0.1) is 22.1 Å². The Hall–Kier alpha value is -1.30. The molecule has 0 bridgehead atoms. The molecule has 26 heavy (non-hydrogen) atoms. The fourth-order valence-electron chi connectivity index (χ4n) is 2.04. The molecule has 0 saturated heterocycles. The molecule has 2 aromatic rings. The summed E-state index contributed by atoms with van der Waals surface area (Å²) in [5, 5.41) is 11.7. The molecule has 0 heterocycles. The Labute approximate surface area is 171 Å². The van der Waals surface area contributed by atoms with Crippen LogP contribution in [0.2, 0.25) is 0 Å². The Morgan fingerprint density at radius 3 is 2.65 bits per heavy atom. The second-order valence-electron chi connectivity index (χ2n) is 5.54. The number of amides is 1. The average Bonchev–Trinajstić information content (AvgIpc) is 2.61. The zero-order valence-corrected chi connectivity index (χ0v) is 17.6. The van der Waals surface area contributed by atoms with Crippen molar-refractivity contribution in [2.24, 2.45) is 0 Å².